The van der Waals surface area contributed by atoms with Crippen molar-refractivity contribution in [1.82, 2.24) is 0 Å². The van der Waals surface area contributed by atoms with Crippen molar-refractivity contribution in [1.29, 1.82) is 0 Å². The second-order valence-corrected chi connectivity index (χ2v) is 8.59. The zero-order chi connectivity index (χ0) is 22.2. The Morgan fingerprint density at radius 1 is 1.10 bits per heavy atom. The van der Waals surface area contributed by atoms with Crippen LogP contribution in [0.3, 0.4) is 0 Å². The van der Waals surface area contributed by atoms with Gasteiger partial charge in [-0.1, -0.05) is 56.4 Å². The van der Waals surface area contributed by atoms with Gasteiger partial charge in [0.1, 0.15) is 11.5 Å². The van der Waals surface area contributed by atoms with Crippen molar-refractivity contribution in [3.8, 4) is 5.75 Å². The average Bonchev–Trinajstić information content (AvgIpc) is 2.77. The van der Waals surface area contributed by atoms with E-state index in [-0.39, 0.29) is 17.1 Å². The lowest BCUT2D eigenvalue weighted by Gasteiger charge is -2.37. The van der Waals surface area contributed by atoms with Crippen LogP contribution >= 0.6 is 0 Å². The van der Waals surface area contributed by atoms with Gasteiger partial charge < -0.3 is 14.6 Å². The number of carbonyl (C=O) groups is 1. The molecule has 0 aliphatic heterocycles. The maximum absolute atomic E-state index is 13.8. The topological polar surface area (TPSA) is 55.8 Å². The van der Waals surface area contributed by atoms with Crippen LogP contribution in [-0.2, 0) is 4.74 Å². The predicted octanol–water partition coefficient (Wildman–Crippen LogP) is 5.49. The average molecular weight is 417 g/mol. The first-order chi connectivity index (χ1) is 14.9. The molecule has 2 aliphatic rings. The molecule has 4 nitrogen and oxygen atoms in total. The fourth-order valence-electron chi connectivity index (χ4n) is 4.57. The number of allylic oxidation sites excluding steroid dienone is 6. The molecule has 31 heavy (non-hydrogen) atoms. The van der Waals surface area contributed by atoms with E-state index in [0.29, 0.717) is 17.6 Å². The number of aliphatic hydroxyl groups excluding tert-OH is 1. The van der Waals surface area contributed by atoms with Crippen molar-refractivity contribution in [2.45, 2.75) is 32.3 Å². The quantitative estimate of drug-likeness (QED) is 0.655. The number of carbonyl (C=O) groups excluding carboxylic acids is 1. The number of aliphatic hydroxyl groups is 1. The van der Waals surface area contributed by atoms with Gasteiger partial charge >= 0.3 is 0 Å². The third kappa shape index (κ3) is 3.72. The van der Waals surface area contributed by atoms with Crippen molar-refractivity contribution in [2.75, 3.05) is 14.2 Å². The Bertz CT molecular complexity index is 1150. The molecule has 2 atom stereocenters. The van der Waals surface area contributed by atoms with Crippen LogP contribution < -0.4 is 4.74 Å². The standard InChI is InChI=1S/C27H28O4/c1-27(2)23(6-5-7-24(27)31-4)22-14-10-18-16-20(30-3)13-15-21(18)25(22)26(29)17-8-11-19(28)12-9-17/h5-11,13-16,19,23,28H,12H2,1-4H3. The number of benzene rings is 2. The van der Waals surface area contributed by atoms with Gasteiger partial charge in [0, 0.05) is 22.5 Å². The zero-order valence-corrected chi connectivity index (χ0v) is 18.4. The normalized spacial score (nSPS) is 22.1. The first-order valence-corrected chi connectivity index (χ1v) is 10.5. The third-order valence-electron chi connectivity index (χ3n) is 6.34. The summed E-state index contributed by atoms with van der Waals surface area (Å²) in [6, 6.07) is 9.90. The Hall–Kier alpha value is -3.11. The van der Waals surface area contributed by atoms with Crippen molar-refractivity contribution in [3.05, 3.63) is 89.2 Å². The lowest BCUT2D eigenvalue weighted by molar-refractivity contribution is 0.103. The molecule has 0 bridgehead atoms. The van der Waals surface area contributed by atoms with Crippen molar-refractivity contribution < 1.29 is 19.4 Å². The molecule has 0 saturated heterocycles. The number of methoxy groups -OCH3 is 2. The number of hydrogen-bond acceptors (Lipinski definition) is 4. The fourth-order valence-corrected chi connectivity index (χ4v) is 4.57. The molecule has 0 heterocycles. The van der Waals surface area contributed by atoms with Crippen LogP contribution in [0, 0.1) is 5.41 Å². The molecule has 0 fully saturated rings. The number of hydrogen-bond donors (Lipinski definition) is 1. The smallest absolute Gasteiger partial charge is 0.193 e. The second-order valence-electron chi connectivity index (χ2n) is 8.59. The van der Waals surface area contributed by atoms with E-state index in [1.54, 1.807) is 26.4 Å². The number of ketones is 1. The van der Waals surface area contributed by atoms with Crippen molar-refractivity contribution in [3.63, 3.8) is 0 Å². The highest BCUT2D eigenvalue weighted by molar-refractivity contribution is 6.18. The minimum Gasteiger partial charge on any atom is -0.501 e. The number of fused-ring (bicyclic) bond motifs is 1. The van der Waals surface area contributed by atoms with E-state index in [1.165, 1.54) is 0 Å². The van der Waals surface area contributed by atoms with E-state index in [9.17, 15) is 9.90 Å². The molecule has 2 aromatic rings. The van der Waals surface area contributed by atoms with E-state index < -0.39 is 6.10 Å². The van der Waals surface area contributed by atoms with Gasteiger partial charge in [-0.25, -0.2) is 0 Å². The number of ether oxygens (including phenoxy) is 2. The van der Waals surface area contributed by atoms with E-state index in [1.807, 2.05) is 48.6 Å². The molecular weight excluding hydrogens is 388 g/mol. The predicted molar refractivity (Wildman–Crippen MR) is 123 cm³/mol. The summed E-state index contributed by atoms with van der Waals surface area (Å²) in [6.45, 7) is 4.28. The van der Waals surface area contributed by atoms with Gasteiger partial charge in [-0.3, -0.25) is 4.79 Å². The highest BCUT2D eigenvalue weighted by Crippen LogP contribution is 2.47. The van der Waals surface area contributed by atoms with Gasteiger partial charge in [-0.15, -0.1) is 0 Å². The third-order valence-corrected chi connectivity index (χ3v) is 6.34. The maximum atomic E-state index is 13.8. The molecule has 4 rings (SSSR count). The summed E-state index contributed by atoms with van der Waals surface area (Å²) >= 11 is 0. The molecule has 2 unspecified atom stereocenters. The van der Waals surface area contributed by atoms with Gasteiger partial charge in [0.2, 0.25) is 0 Å². The molecule has 0 amide bonds. The summed E-state index contributed by atoms with van der Waals surface area (Å²) in [6.07, 6.45) is 11.2. The molecular formula is C27H28O4. The van der Waals surface area contributed by atoms with Crippen LogP contribution in [-0.4, -0.2) is 31.2 Å². The summed E-state index contributed by atoms with van der Waals surface area (Å²) in [5.41, 5.74) is 1.94. The van der Waals surface area contributed by atoms with Gasteiger partial charge in [-0.2, -0.15) is 0 Å². The molecule has 0 spiro atoms. The van der Waals surface area contributed by atoms with Gasteiger partial charge in [0.25, 0.3) is 0 Å². The number of rotatable bonds is 5. The summed E-state index contributed by atoms with van der Waals surface area (Å²) in [4.78, 5) is 13.8. The lowest BCUT2D eigenvalue weighted by Crippen LogP contribution is -2.28. The zero-order valence-electron chi connectivity index (χ0n) is 18.4. The molecule has 1 N–H and O–H groups in total. The molecule has 2 aliphatic carbocycles. The largest absolute Gasteiger partial charge is 0.501 e. The summed E-state index contributed by atoms with van der Waals surface area (Å²) in [7, 11) is 3.32. The van der Waals surface area contributed by atoms with E-state index in [2.05, 4.69) is 19.9 Å². The summed E-state index contributed by atoms with van der Waals surface area (Å²) in [5, 5.41) is 11.6. The Kier molecular flexibility index (Phi) is 5.59. The molecule has 160 valence electrons. The highest BCUT2D eigenvalue weighted by Gasteiger charge is 2.38. The van der Waals surface area contributed by atoms with Gasteiger partial charge in [-0.05, 0) is 47.0 Å². The lowest BCUT2D eigenvalue weighted by atomic mass is 9.69. The molecule has 0 saturated carbocycles. The van der Waals surface area contributed by atoms with E-state index >= 15 is 0 Å². The highest BCUT2D eigenvalue weighted by atomic mass is 16.5. The van der Waals surface area contributed by atoms with E-state index in [0.717, 1.165) is 27.8 Å². The van der Waals surface area contributed by atoms with E-state index in [4.69, 9.17) is 9.47 Å². The van der Waals surface area contributed by atoms with Gasteiger partial charge in [0.05, 0.1) is 20.3 Å². The molecule has 2 aromatic carbocycles. The monoisotopic (exact) mass is 416 g/mol. The second kappa shape index (κ2) is 8.20. The van der Waals surface area contributed by atoms with Crippen LogP contribution in [0.15, 0.2) is 78.1 Å². The summed E-state index contributed by atoms with van der Waals surface area (Å²) < 4.78 is 11.1. The van der Waals surface area contributed by atoms with Crippen molar-refractivity contribution in [2.24, 2.45) is 5.41 Å². The fraction of sp³-hybridized carbons (Fsp3) is 0.296. The minimum atomic E-state index is -0.539. The van der Waals surface area contributed by atoms with Crippen LogP contribution in [0.2, 0.25) is 0 Å². The first-order valence-electron chi connectivity index (χ1n) is 10.5. The maximum Gasteiger partial charge on any atom is 0.193 e. The van der Waals surface area contributed by atoms with Gasteiger partial charge in [0.15, 0.2) is 5.78 Å². The Morgan fingerprint density at radius 2 is 1.90 bits per heavy atom. The molecule has 0 radical (unpaired) electrons. The Labute approximate surface area is 183 Å². The Balaban J connectivity index is 1.93. The van der Waals surface area contributed by atoms with Crippen molar-refractivity contribution >= 4 is 16.6 Å². The molecule has 0 aromatic heterocycles. The first kappa shape index (κ1) is 21.1. The summed E-state index contributed by atoms with van der Waals surface area (Å²) in [5.74, 6) is 1.57. The Morgan fingerprint density at radius 3 is 2.58 bits per heavy atom. The SMILES string of the molecule is COC1=CC=CC(c2ccc3cc(OC)ccc3c2C(=O)C2=CCC(O)C=C2)C1(C)C. The van der Waals surface area contributed by atoms with Crippen LogP contribution in [0.4, 0.5) is 0 Å². The number of Topliss-reactive ketones (excluding diaryl/α,β-unsaturated/α-hetero) is 1. The van der Waals surface area contributed by atoms with Crippen LogP contribution in [0.25, 0.3) is 10.8 Å². The van der Waals surface area contributed by atoms with Crippen LogP contribution in [0.1, 0.15) is 42.1 Å². The minimum absolute atomic E-state index is 0.0309. The van der Waals surface area contributed by atoms with Crippen LogP contribution in [0.5, 0.6) is 5.75 Å². The molecule has 4 heteroatoms.